The van der Waals surface area contributed by atoms with E-state index in [-0.39, 0.29) is 29.3 Å². The van der Waals surface area contributed by atoms with Crippen molar-refractivity contribution >= 4 is 33.0 Å². The second-order valence-electron chi connectivity index (χ2n) is 6.50. The van der Waals surface area contributed by atoms with Crippen LogP contribution in [0.3, 0.4) is 0 Å². The summed E-state index contributed by atoms with van der Waals surface area (Å²) >= 11 is 5.92. The van der Waals surface area contributed by atoms with Gasteiger partial charge in [-0.2, -0.15) is 34.8 Å². The molecule has 0 spiro atoms. The van der Waals surface area contributed by atoms with E-state index in [1.54, 1.807) is 6.92 Å². The van der Waals surface area contributed by atoms with Crippen LogP contribution in [0.25, 0.3) is 0 Å². The molecular weight excluding hydrogens is 486 g/mol. The molecule has 0 amide bonds. The zero-order valence-electron chi connectivity index (χ0n) is 16.4. The van der Waals surface area contributed by atoms with Crippen LogP contribution in [0.1, 0.15) is 36.5 Å². The average molecular weight is 503 g/mol. The fraction of sp³-hybridized carbons (Fsp3) is 0.316. The zero-order chi connectivity index (χ0) is 24.2. The lowest BCUT2D eigenvalue weighted by Gasteiger charge is -2.15. The van der Waals surface area contributed by atoms with Gasteiger partial charge in [-0.25, -0.2) is 0 Å². The first-order chi connectivity index (χ1) is 14.7. The Kier molecular flexibility index (Phi) is 8.05. The van der Waals surface area contributed by atoms with Crippen LogP contribution >= 0.6 is 11.6 Å². The van der Waals surface area contributed by atoms with Gasteiger partial charge in [0.2, 0.25) is 0 Å². The summed E-state index contributed by atoms with van der Waals surface area (Å²) in [5.41, 5.74) is -6.34. The Labute approximate surface area is 185 Å². The number of hydrogen-bond acceptors (Lipinski definition) is 4. The average Bonchev–Trinajstić information content (AvgIpc) is 2.67. The van der Waals surface area contributed by atoms with Gasteiger partial charge in [-0.3, -0.25) is 4.72 Å². The molecule has 0 aliphatic heterocycles. The Morgan fingerprint density at radius 1 is 1.06 bits per heavy atom. The Bertz CT molecular complexity index is 1070. The van der Waals surface area contributed by atoms with E-state index in [0.717, 1.165) is 18.2 Å². The van der Waals surface area contributed by atoms with E-state index >= 15 is 0 Å². The van der Waals surface area contributed by atoms with Crippen molar-refractivity contribution in [1.29, 1.82) is 0 Å². The van der Waals surface area contributed by atoms with E-state index in [2.05, 4.69) is 5.16 Å². The van der Waals surface area contributed by atoms with Crippen LogP contribution < -0.4 is 4.72 Å². The standard InChI is InChI=1S/C19H17ClF6N2O3S/c1-2-3-16(27-31-11-12-4-6-13(7-5-12)18(21,22)23)15-10-14(20)8-9-17(15)28-32(29,30)19(24,25)26/h4-10,28H,2-3,11H2,1H3/b27-16+. The van der Waals surface area contributed by atoms with Gasteiger partial charge in [0, 0.05) is 10.6 Å². The number of hydrogen-bond donors (Lipinski definition) is 1. The number of sulfonamides is 1. The van der Waals surface area contributed by atoms with Gasteiger partial charge in [0.15, 0.2) is 0 Å². The van der Waals surface area contributed by atoms with Crippen LogP contribution in [-0.2, 0) is 27.6 Å². The first kappa shape index (κ1) is 25.8. The second-order valence-corrected chi connectivity index (χ2v) is 8.61. The number of alkyl halides is 6. The number of halogens is 7. The van der Waals surface area contributed by atoms with E-state index in [9.17, 15) is 34.8 Å². The summed E-state index contributed by atoms with van der Waals surface area (Å²) < 4.78 is 101. The van der Waals surface area contributed by atoms with Gasteiger partial charge >= 0.3 is 21.7 Å². The van der Waals surface area contributed by atoms with Crippen LogP contribution in [0.15, 0.2) is 47.6 Å². The molecule has 2 aromatic rings. The lowest BCUT2D eigenvalue weighted by molar-refractivity contribution is -0.137. The predicted molar refractivity (Wildman–Crippen MR) is 108 cm³/mol. The van der Waals surface area contributed by atoms with E-state index in [1.165, 1.54) is 29.0 Å². The molecule has 0 atom stereocenters. The summed E-state index contributed by atoms with van der Waals surface area (Å²) in [5, 5.41) is 3.98. The molecule has 5 nitrogen and oxygen atoms in total. The molecule has 176 valence electrons. The van der Waals surface area contributed by atoms with Crippen LogP contribution in [0.5, 0.6) is 0 Å². The lowest BCUT2D eigenvalue weighted by Crippen LogP contribution is -2.30. The minimum absolute atomic E-state index is 0.0282. The van der Waals surface area contributed by atoms with Crippen molar-refractivity contribution in [1.82, 2.24) is 0 Å². The molecule has 1 N–H and O–H groups in total. The van der Waals surface area contributed by atoms with Gasteiger partial charge in [-0.1, -0.05) is 42.2 Å². The van der Waals surface area contributed by atoms with Crippen molar-refractivity contribution in [3.8, 4) is 0 Å². The highest BCUT2D eigenvalue weighted by Crippen LogP contribution is 2.30. The van der Waals surface area contributed by atoms with Crippen molar-refractivity contribution in [2.24, 2.45) is 5.16 Å². The number of nitrogens with one attached hydrogen (secondary N) is 1. The van der Waals surface area contributed by atoms with E-state index in [1.807, 2.05) is 0 Å². The molecule has 0 saturated carbocycles. The summed E-state index contributed by atoms with van der Waals surface area (Å²) in [5.74, 6) is 0. The fourth-order valence-electron chi connectivity index (χ4n) is 2.49. The highest BCUT2D eigenvalue weighted by atomic mass is 35.5. The SMILES string of the molecule is CCC/C(=N\OCc1ccc(C(F)(F)F)cc1)c1cc(Cl)ccc1NS(=O)(=O)C(F)(F)F. The van der Waals surface area contributed by atoms with Crippen molar-refractivity contribution in [2.45, 2.75) is 38.1 Å². The van der Waals surface area contributed by atoms with Gasteiger partial charge in [0.1, 0.15) is 6.61 Å². The monoisotopic (exact) mass is 502 g/mol. The van der Waals surface area contributed by atoms with Crippen molar-refractivity contribution < 1.29 is 39.6 Å². The Hall–Kier alpha value is -2.47. The second kappa shape index (κ2) is 9.99. The summed E-state index contributed by atoms with van der Waals surface area (Å²) in [6.45, 7) is 1.52. The van der Waals surface area contributed by atoms with Crippen LogP contribution in [0, 0.1) is 0 Å². The molecule has 0 radical (unpaired) electrons. The molecule has 13 heteroatoms. The normalized spacial score (nSPS) is 13.2. The van der Waals surface area contributed by atoms with E-state index < -0.39 is 33.0 Å². The largest absolute Gasteiger partial charge is 0.516 e. The van der Waals surface area contributed by atoms with Gasteiger partial charge < -0.3 is 4.84 Å². The number of anilines is 1. The highest BCUT2D eigenvalue weighted by molar-refractivity contribution is 7.93. The molecule has 0 fully saturated rings. The summed E-state index contributed by atoms with van der Waals surface area (Å²) in [6, 6.07) is 7.62. The summed E-state index contributed by atoms with van der Waals surface area (Å²) in [4.78, 5) is 5.17. The minimum atomic E-state index is -5.70. The van der Waals surface area contributed by atoms with Gasteiger partial charge in [-0.05, 0) is 42.3 Å². The first-order valence-corrected chi connectivity index (χ1v) is 10.8. The fourth-order valence-corrected chi connectivity index (χ4v) is 3.24. The van der Waals surface area contributed by atoms with Crippen molar-refractivity contribution in [3.63, 3.8) is 0 Å². The summed E-state index contributed by atoms with van der Waals surface area (Å²) in [7, 11) is -5.70. The third-order valence-electron chi connectivity index (χ3n) is 4.02. The molecule has 0 aromatic heterocycles. The minimum Gasteiger partial charge on any atom is -0.391 e. The van der Waals surface area contributed by atoms with Crippen molar-refractivity contribution in [2.75, 3.05) is 4.72 Å². The topological polar surface area (TPSA) is 67.8 Å². The van der Waals surface area contributed by atoms with Crippen molar-refractivity contribution in [3.05, 3.63) is 64.2 Å². The lowest BCUT2D eigenvalue weighted by atomic mass is 10.0. The molecule has 0 bridgehead atoms. The van der Waals surface area contributed by atoms with Gasteiger partial charge in [0.25, 0.3) is 0 Å². The third-order valence-corrected chi connectivity index (χ3v) is 5.35. The number of nitrogens with zero attached hydrogens (tertiary/aromatic N) is 1. The predicted octanol–water partition coefficient (Wildman–Crippen LogP) is 6.34. The third kappa shape index (κ3) is 6.76. The quantitative estimate of drug-likeness (QED) is 0.260. The summed E-state index contributed by atoms with van der Waals surface area (Å²) in [6.07, 6.45) is -3.83. The molecule has 0 unspecified atom stereocenters. The highest BCUT2D eigenvalue weighted by Gasteiger charge is 2.46. The maximum Gasteiger partial charge on any atom is 0.516 e. The van der Waals surface area contributed by atoms with E-state index in [0.29, 0.717) is 12.0 Å². The molecule has 0 aliphatic rings. The Morgan fingerprint density at radius 2 is 1.69 bits per heavy atom. The molecular formula is C19H17ClF6N2O3S. The van der Waals surface area contributed by atoms with Crippen LogP contribution in [0.2, 0.25) is 5.02 Å². The molecule has 2 rings (SSSR count). The molecule has 0 aliphatic carbocycles. The maximum atomic E-state index is 12.8. The molecule has 0 heterocycles. The first-order valence-electron chi connectivity index (χ1n) is 8.98. The Morgan fingerprint density at radius 3 is 2.22 bits per heavy atom. The molecule has 2 aromatic carbocycles. The van der Waals surface area contributed by atoms with Crippen LogP contribution in [0.4, 0.5) is 32.0 Å². The number of benzene rings is 2. The van der Waals surface area contributed by atoms with Gasteiger partial charge in [-0.15, -0.1) is 0 Å². The Balaban J connectivity index is 2.29. The maximum absolute atomic E-state index is 12.8. The number of rotatable bonds is 8. The number of oxime groups is 1. The van der Waals surface area contributed by atoms with Crippen LogP contribution in [-0.4, -0.2) is 19.6 Å². The van der Waals surface area contributed by atoms with Gasteiger partial charge in [0.05, 0.1) is 17.0 Å². The van der Waals surface area contributed by atoms with E-state index in [4.69, 9.17) is 16.4 Å². The molecule has 0 saturated heterocycles. The smallest absolute Gasteiger partial charge is 0.391 e. The zero-order valence-corrected chi connectivity index (χ0v) is 18.0. The molecule has 32 heavy (non-hydrogen) atoms.